The first kappa shape index (κ1) is 14.1. The molecule has 0 unspecified atom stereocenters. The monoisotopic (exact) mass is 260 g/mol. The van der Waals surface area contributed by atoms with Gasteiger partial charge < -0.3 is 0 Å². The van der Waals surface area contributed by atoms with E-state index in [1.165, 1.54) is 16.7 Å². The van der Waals surface area contributed by atoms with Crippen LogP contribution in [0.15, 0.2) is 85.0 Å². The predicted octanol–water partition coefficient (Wildman–Crippen LogP) is 5.75. The fraction of sp³-hybridized carbons (Fsp3) is 0.100. The highest BCUT2D eigenvalue weighted by molar-refractivity contribution is 5.61. The Labute approximate surface area is 121 Å². The second-order valence-corrected chi connectivity index (χ2v) is 4.70. The summed E-state index contributed by atoms with van der Waals surface area (Å²) in [7, 11) is 0. The highest BCUT2D eigenvalue weighted by Gasteiger charge is 1.94. The van der Waals surface area contributed by atoms with Crippen molar-refractivity contribution in [2.24, 2.45) is 0 Å². The molecule has 0 atom stereocenters. The van der Waals surface area contributed by atoms with Crippen molar-refractivity contribution in [1.29, 1.82) is 0 Å². The zero-order chi connectivity index (χ0) is 14.0. The summed E-state index contributed by atoms with van der Waals surface area (Å²) in [5, 5.41) is 0. The molecule has 0 saturated heterocycles. The number of allylic oxidation sites excluding steroid dienone is 3. The van der Waals surface area contributed by atoms with Crippen molar-refractivity contribution < 1.29 is 0 Å². The van der Waals surface area contributed by atoms with Crippen molar-refractivity contribution >= 4 is 12.2 Å². The van der Waals surface area contributed by atoms with Gasteiger partial charge in [0, 0.05) is 0 Å². The van der Waals surface area contributed by atoms with Crippen LogP contribution in [0, 0.1) is 0 Å². The van der Waals surface area contributed by atoms with Crippen LogP contribution in [0.5, 0.6) is 0 Å². The van der Waals surface area contributed by atoms with Crippen molar-refractivity contribution in [2.45, 2.75) is 12.8 Å². The Hall–Kier alpha value is -2.34. The largest absolute Gasteiger partial charge is 0.103 e. The zero-order valence-electron chi connectivity index (χ0n) is 11.7. The molecule has 100 valence electrons. The maximum atomic E-state index is 3.81. The molecule has 0 aliphatic rings. The highest BCUT2D eigenvalue weighted by Crippen LogP contribution is 2.15. The van der Waals surface area contributed by atoms with E-state index in [1.54, 1.807) is 0 Å². The summed E-state index contributed by atoms with van der Waals surface area (Å²) < 4.78 is 0. The predicted molar refractivity (Wildman–Crippen MR) is 89.3 cm³/mol. The molecule has 2 rings (SSSR count). The van der Waals surface area contributed by atoms with Gasteiger partial charge in [-0.15, -0.1) is 6.58 Å². The van der Waals surface area contributed by atoms with E-state index in [4.69, 9.17) is 0 Å². The summed E-state index contributed by atoms with van der Waals surface area (Å²) in [6, 6.07) is 20.8. The molecule has 2 aromatic carbocycles. The minimum atomic E-state index is 0.998. The molecule has 0 heterocycles. The minimum absolute atomic E-state index is 0.998. The van der Waals surface area contributed by atoms with Gasteiger partial charge in [-0.05, 0) is 29.5 Å². The lowest BCUT2D eigenvalue weighted by Gasteiger charge is -2.01. The number of rotatable bonds is 6. The highest BCUT2D eigenvalue weighted by atomic mass is 14.0. The van der Waals surface area contributed by atoms with Gasteiger partial charge in [-0.1, -0.05) is 85.0 Å². The molecule has 0 nitrogen and oxygen atoms in total. The second-order valence-electron chi connectivity index (χ2n) is 4.70. The standard InChI is InChI=1S/C20H20/c1-2-3-10-20(17-19-13-8-5-9-14-19)16-15-18-11-6-4-7-12-18/h2,4-9,11-17H,1,3,10H2. The lowest BCUT2D eigenvalue weighted by atomic mass is 10.0. The van der Waals surface area contributed by atoms with E-state index in [-0.39, 0.29) is 0 Å². The zero-order valence-corrected chi connectivity index (χ0v) is 11.7. The van der Waals surface area contributed by atoms with E-state index in [0.717, 1.165) is 12.8 Å². The third-order valence-corrected chi connectivity index (χ3v) is 3.08. The van der Waals surface area contributed by atoms with Gasteiger partial charge in [0.25, 0.3) is 0 Å². The molecule has 20 heavy (non-hydrogen) atoms. The first-order chi connectivity index (χ1) is 9.88. The molecule has 0 aliphatic carbocycles. The van der Waals surface area contributed by atoms with Gasteiger partial charge >= 0.3 is 0 Å². The topological polar surface area (TPSA) is 0 Å². The summed E-state index contributed by atoms with van der Waals surface area (Å²) in [4.78, 5) is 0. The molecular weight excluding hydrogens is 240 g/mol. The summed E-state index contributed by atoms with van der Waals surface area (Å²) >= 11 is 0. The Morgan fingerprint density at radius 1 is 0.850 bits per heavy atom. The Balaban J connectivity index is 2.17. The van der Waals surface area contributed by atoms with Crippen molar-refractivity contribution in [3.05, 3.63) is 96.1 Å². The van der Waals surface area contributed by atoms with Crippen LogP contribution in [0.1, 0.15) is 24.0 Å². The smallest absolute Gasteiger partial charge is 0.0244 e. The second kappa shape index (κ2) is 7.96. The third-order valence-electron chi connectivity index (χ3n) is 3.08. The van der Waals surface area contributed by atoms with Gasteiger partial charge in [0.15, 0.2) is 0 Å². The molecule has 0 N–H and O–H groups in total. The fourth-order valence-corrected chi connectivity index (χ4v) is 2.00. The van der Waals surface area contributed by atoms with E-state index in [9.17, 15) is 0 Å². The first-order valence-electron chi connectivity index (χ1n) is 6.98. The summed E-state index contributed by atoms with van der Waals surface area (Å²) in [6.07, 6.45) is 10.6. The number of hydrogen-bond acceptors (Lipinski definition) is 0. The van der Waals surface area contributed by atoms with Crippen LogP contribution < -0.4 is 0 Å². The van der Waals surface area contributed by atoms with Crippen molar-refractivity contribution in [2.75, 3.05) is 0 Å². The van der Waals surface area contributed by atoms with Crippen molar-refractivity contribution in [3.8, 4) is 0 Å². The van der Waals surface area contributed by atoms with Gasteiger partial charge in [0.05, 0.1) is 0 Å². The van der Waals surface area contributed by atoms with Crippen molar-refractivity contribution in [3.63, 3.8) is 0 Å². The average Bonchev–Trinajstić information content (AvgIpc) is 2.52. The van der Waals surface area contributed by atoms with E-state index < -0.39 is 0 Å². The maximum absolute atomic E-state index is 3.81. The van der Waals surface area contributed by atoms with E-state index in [1.807, 2.05) is 18.2 Å². The van der Waals surface area contributed by atoms with Crippen LogP contribution in [-0.4, -0.2) is 0 Å². The SMILES string of the molecule is C=CCCC(C=Cc1ccccc1)=Cc1ccccc1. The van der Waals surface area contributed by atoms with E-state index in [0.29, 0.717) is 0 Å². The molecule has 0 heteroatoms. The number of benzene rings is 2. The lowest BCUT2D eigenvalue weighted by Crippen LogP contribution is -1.80. The molecule has 0 radical (unpaired) electrons. The van der Waals surface area contributed by atoms with Crippen LogP contribution in [0.4, 0.5) is 0 Å². The summed E-state index contributed by atoms with van der Waals surface area (Å²) in [5.41, 5.74) is 3.79. The minimum Gasteiger partial charge on any atom is -0.103 e. The van der Waals surface area contributed by atoms with E-state index in [2.05, 4.69) is 73.3 Å². The summed E-state index contributed by atoms with van der Waals surface area (Å²) in [5.74, 6) is 0. The lowest BCUT2D eigenvalue weighted by molar-refractivity contribution is 1.02. The van der Waals surface area contributed by atoms with Gasteiger partial charge in [-0.3, -0.25) is 0 Å². The van der Waals surface area contributed by atoms with Gasteiger partial charge in [-0.25, -0.2) is 0 Å². The van der Waals surface area contributed by atoms with Crippen LogP contribution in [0.3, 0.4) is 0 Å². The van der Waals surface area contributed by atoms with Crippen molar-refractivity contribution in [1.82, 2.24) is 0 Å². The van der Waals surface area contributed by atoms with Crippen LogP contribution in [-0.2, 0) is 0 Å². The van der Waals surface area contributed by atoms with E-state index >= 15 is 0 Å². The molecule has 0 aromatic heterocycles. The fourth-order valence-electron chi connectivity index (χ4n) is 2.00. The molecule has 0 fully saturated rings. The van der Waals surface area contributed by atoms with Gasteiger partial charge in [-0.2, -0.15) is 0 Å². The first-order valence-corrected chi connectivity index (χ1v) is 6.98. The molecular formula is C20H20. The summed E-state index contributed by atoms with van der Waals surface area (Å²) in [6.45, 7) is 3.81. The van der Waals surface area contributed by atoms with Gasteiger partial charge in [0.1, 0.15) is 0 Å². The Bertz CT molecular complexity index is 574. The average molecular weight is 260 g/mol. The normalized spacial score (nSPS) is 11.7. The quantitative estimate of drug-likeness (QED) is 0.458. The van der Waals surface area contributed by atoms with Crippen LogP contribution in [0.2, 0.25) is 0 Å². The molecule has 0 aliphatic heterocycles. The Morgan fingerprint density at radius 3 is 2.05 bits per heavy atom. The molecule has 2 aromatic rings. The third kappa shape index (κ3) is 4.74. The van der Waals surface area contributed by atoms with Crippen LogP contribution in [0.25, 0.3) is 12.2 Å². The molecule has 0 bridgehead atoms. The van der Waals surface area contributed by atoms with Gasteiger partial charge in [0.2, 0.25) is 0 Å². The van der Waals surface area contributed by atoms with Crippen LogP contribution >= 0.6 is 0 Å². The maximum Gasteiger partial charge on any atom is -0.0244 e. The molecule has 0 saturated carbocycles. The molecule has 0 amide bonds. The number of hydrogen-bond donors (Lipinski definition) is 0. The molecule has 0 spiro atoms. The Kier molecular flexibility index (Phi) is 5.60. The Morgan fingerprint density at radius 2 is 1.45 bits per heavy atom.